The fraction of sp³-hybridized carbons (Fsp3) is 0.143. The summed E-state index contributed by atoms with van der Waals surface area (Å²) in [4.78, 5) is 0. The molecular weight excluding hydrogens is 224 g/mol. The molecule has 0 saturated heterocycles. The van der Waals surface area contributed by atoms with Gasteiger partial charge in [0.2, 0.25) is 0 Å². The second kappa shape index (κ2) is 5.86. The van der Waals surface area contributed by atoms with Crippen LogP contribution in [0.1, 0.15) is 12.5 Å². The summed E-state index contributed by atoms with van der Waals surface area (Å²) in [5.74, 6) is 0. The van der Waals surface area contributed by atoms with E-state index in [1.54, 1.807) is 18.2 Å². The van der Waals surface area contributed by atoms with Crippen molar-refractivity contribution in [3.8, 4) is 24.3 Å². The average Bonchev–Trinajstić information content (AvgIpc) is 2.42. The second-order valence-electron chi connectivity index (χ2n) is 3.42. The minimum Gasteiger partial charge on any atom is -0.192 e. The molecule has 0 fully saturated rings. The van der Waals surface area contributed by atoms with E-state index in [2.05, 4.69) is 0 Å². The molecule has 0 saturated carbocycles. The zero-order valence-corrected chi connectivity index (χ0v) is 9.73. The van der Waals surface area contributed by atoms with Crippen LogP contribution in [0.4, 0.5) is 0 Å². The Morgan fingerprint density at radius 2 is 1.50 bits per heavy atom. The van der Waals surface area contributed by atoms with Gasteiger partial charge in [-0.2, -0.15) is 21.0 Å². The molecule has 0 heterocycles. The highest BCUT2D eigenvalue weighted by Gasteiger charge is 2.02. The van der Waals surface area contributed by atoms with Crippen LogP contribution in [0.2, 0.25) is 0 Å². The molecule has 0 aliphatic rings. The second-order valence-corrected chi connectivity index (χ2v) is 3.42. The molecule has 0 N–H and O–H groups in total. The Balaban J connectivity index is 3.83. The summed E-state index contributed by atoms with van der Waals surface area (Å²) < 4.78 is 0. The Hall–Kier alpha value is -3.08. The van der Waals surface area contributed by atoms with E-state index in [0.29, 0.717) is 16.9 Å². The first-order chi connectivity index (χ1) is 8.71. The Bertz CT molecular complexity index is 726. The van der Waals surface area contributed by atoms with Crippen molar-refractivity contribution in [2.45, 2.75) is 13.3 Å². The number of hydrogen-bond donors (Lipinski definition) is 0. The SMILES string of the molecule is CCc1cc(=C(C#N)C#N)ccc1=C(C#N)C#N. The zero-order valence-electron chi connectivity index (χ0n) is 9.73. The first-order valence-corrected chi connectivity index (χ1v) is 5.19. The van der Waals surface area contributed by atoms with Crippen molar-refractivity contribution in [1.29, 1.82) is 21.0 Å². The zero-order chi connectivity index (χ0) is 13.5. The fourth-order valence-corrected chi connectivity index (χ4v) is 1.59. The number of hydrogen-bond acceptors (Lipinski definition) is 4. The highest BCUT2D eigenvalue weighted by atomic mass is 14.3. The topological polar surface area (TPSA) is 95.2 Å². The summed E-state index contributed by atoms with van der Waals surface area (Å²) >= 11 is 0. The monoisotopic (exact) mass is 232 g/mol. The molecule has 0 bridgehead atoms. The lowest BCUT2D eigenvalue weighted by atomic mass is 10.0. The van der Waals surface area contributed by atoms with Gasteiger partial charge < -0.3 is 0 Å². The third-order valence-electron chi connectivity index (χ3n) is 2.49. The van der Waals surface area contributed by atoms with Crippen LogP contribution in [0.25, 0.3) is 11.1 Å². The first-order valence-electron chi connectivity index (χ1n) is 5.19. The Morgan fingerprint density at radius 3 is 1.94 bits per heavy atom. The molecule has 4 heteroatoms. The average molecular weight is 232 g/mol. The van der Waals surface area contributed by atoms with Crippen LogP contribution in [0.5, 0.6) is 0 Å². The summed E-state index contributed by atoms with van der Waals surface area (Å²) in [5.41, 5.74) is 0.828. The molecule has 0 aromatic heterocycles. The molecule has 0 aliphatic carbocycles. The van der Waals surface area contributed by atoms with E-state index in [-0.39, 0.29) is 11.1 Å². The Morgan fingerprint density at radius 1 is 0.944 bits per heavy atom. The van der Waals surface area contributed by atoms with E-state index in [1.807, 2.05) is 31.2 Å². The van der Waals surface area contributed by atoms with Gasteiger partial charge in [-0.25, -0.2) is 0 Å². The van der Waals surface area contributed by atoms with Crippen LogP contribution in [0.3, 0.4) is 0 Å². The van der Waals surface area contributed by atoms with Gasteiger partial charge in [0.15, 0.2) is 0 Å². The molecule has 0 amide bonds. The molecular formula is C14H8N4. The normalized spacial score (nSPS) is 8.28. The van der Waals surface area contributed by atoms with E-state index in [0.717, 1.165) is 5.56 Å². The van der Waals surface area contributed by atoms with E-state index in [1.165, 1.54) is 0 Å². The maximum absolute atomic E-state index is 8.85. The lowest BCUT2D eigenvalue weighted by Gasteiger charge is -1.99. The van der Waals surface area contributed by atoms with Crippen molar-refractivity contribution in [1.82, 2.24) is 0 Å². The number of nitriles is 4. The van der Waals surface area contributed by atoms with E-state index >= 15 is 0 Å². The fourth-order valence-electron chi connectivity index (χ4n) is 1.59. The van der Waals surface area contributed by atoms with Gasteiger partial charge in [-0.05, 0) is 18.1 Å². The summed E-state index contributed by atoms with van der Waals surface area (Å²) in [6.45, 7) is 1.88. The molecule has 4 nitrogen and oxygen atoms in total. The molecule has 0 unspecified atom stereocenters. The van der Waals surface area contributed by atoms with Crippen molar-refractivity contribution in [2.75, 3.05) is 0 Å². The predicted octanol–water partition coefficient (Wildman–Crippen LogP) is 0.645. The minimum absolute atomic E-state index is 0.0201. The maximum atomic E-state index is 8.85. The van der Waals surface area contributed by atoms with Gasteiger partial charge in [0.25, 0.3) is 0 Å². The molecule has 0 spiro atoms. The van der Waals surface area contributed by atoms with Gasteiger partial charge in [0, 0.05) is 10.4 Å². The van der Waals surface area contributed by atoms with Gasteiger partial charge >= 0.3 is 0 Å². The van der Waals surface area contributed by atoms with E-state index in [9.17, 15) is 0 Å². The summed E-state index contributed by atoms with van der Waals surface area (Å²) in [5, 5.41) is 36.4. The third-order valence-corrected chi connectivity index (χ3v) is 2.49. The molecule has 1 aromatic carbocycles. The molecule has 0 aliphatic heterocycles. The number of rotatable bonds is 1. The summed E-state index contributed by atoms with van der Waals surface area (Å²) in [6.07, 6.45) is 0.611. The Labute approximate surface area is 105 Å². The smallest absolute Gasteiger partial charge is 0.137 e. The van der Waals surface area contributed by atoms with Crippen molar-refractivity contribution in [3.63, 3.8) is 0 Å². The van der Waals surface area contributed by atoms with Crippen LogP contribution >= 0.6 is 0 Å². The van der Waals surface area contributed by atoms with Crippen LogP contribution in [-0.4, -0.2) is 0 Å². The number of nitrogens with zero attached hydrogens (tertiary/aromatic N) is 4. The molecule has 18 heavy (non-hydrogen) atoms. The first kappa shape index (κ1) is 13.0. The summed E-state index contributed by atoms with van der Waals surface area (Å²) in [7, 11) is 0. The quantitative estimate of drug-likeness (QED) is 0.710. The van der Waals surface area contributed by atoms with Gasteiger partial charge in [0.05, 0.1) is 0 Å². The highest BCUT2D eigenvalue weighted by molar-refractivity contribution is 5.75. The van der Waals surface area contributed by atoms with E-state index < -0.39 is 0 Å². The summed E-state index contributed by atoms with van der Waals surface area (Å²) in [6, 6.07) is 12.2. The van der Waals surface area contributed by atoms with Gasteiger partial charge in [-0.3, -0.25) is 0 Å². The highest BCUT2D eigenvalue weighted by Crippen LogP contribution is 1.96. The Kier molecular flexibility index (Phi) is 4.22. The molecule has 0 atom stereocenters. The maximum Gasteiger partial charge on any atom is 0.137 e. The minimum atomic E-state index is 0.0201. The molecule has 0 radical (unpaired) electrons. The number of aryl methyl sites for hydroxylation is 1. The lowest BCUT2D eigenvalue weighted by molar-refractivity contribution is 1.11. The molecule has 84 valence electrons. The van der Waals surface area contributed by atoms with Gasteiger partial charge in [0.1, 0.15) is 35.4 Å². The lowest BCUT2D eigenvalue weighted by Crippen LogP contribution is -2.17. The van der Waals surface area contributed by atoms with Gasteiger partial charge in [-0.1, -0.05) is 19.1 Å². The van der Waals surface area contributed by atoms with Crippen molar-refractivity contribution < 1.29 is 0 Å². The van der Waals surface area contributed by atoms with Gasteiger partial charge in [-0.15, -0.1) is 0 Å². The standard InChI is InChI=1S/C14H8N4/c1-2-10-5-11(12(6-15)7-16)3-4-14(10)13(8-17)9-18/h3-5H,2H2,1H3. The van der Waals surface area contributed by atoms with Crippen molar-refractivity contribution in [3.05, 3.63) is 34.2 Å². The van der Waals surface area contributed by atoms with Crippen LogP contribution < -0.4 is 10.4 Å². The van der Waals surface area contributed by atoms with Crippen molar-refractivity contribution in [2.24, 2.45) is 0 Å². The molecule has 1 rings (SSSR count). The van der Waals surface area contributed by atoms with Crippen molar-refractivity contribution >= 4 is 11.1 Å². The van der Waals surface area contributed by atoms with E-state index in [4.69, 9.17) is 21.0 Å². The van der Waals surface area contributed by atoms with Crippen LogP contribution in [0, 0.1) is 45.3 Å². The third kappa shape index (κ3) is 2.35. The predicted molar refractivity (Wildman–Crippen MR) is 64.3 cm³/mol. The van der Waals surface area contributed by atoms with Crippen LogP contribution in [-0.2, 0) is 6.42 Å². The van der Waals surface area contributed by atoms with Crippen LogP contribution in [0.15, 0.2) is 18.2 Å². The largest absolute Gasteiger partial charge is 0.192 e. The number of benzene rings is 1. The molecule has 1 aromatic rings.